The van der Waals surface area contributed by atoms with Crippen LogP contribution in [0.4, 0.5) is 4.39 Å². The van der Waals surface area contributed by atoms with Gasteiger partial charge in [-0.25, -0.2) is 17.5 Å². The van der Waals surface area contributed by atoms with Gasteiger partial charge >= 0.3 is 0 Å². The van der Waals surface area contributed by atoms with Crippen LogP contribution in [0.5, 0.6) is 0 Å². The molecule has 0 aliphatic carbocycles. The number of ether oxygens (including phenoxy) is 1. The maximum atomic E-state index is 12.9. The first kappa shape index (κ1) is 17.8. The zero-order valence-corrected chi connectivity index (χ0v) is 14.6. The van der Waals surface area contributed by atoms with E-state index in [1.54, 1.807) is 0 Å². The number of likely N-dealkylation sites (tertiary alicyclic amines) is 1. The third-order valence-corrected chi connectivity index (χ3v) is 6.31. The van der Waals surface area contributed by atoms with Gasteiger partial charge in [0.1, 0.15) is 5.82 Å². The average molecular weight is 356 g/mol. The van der Waals surface area contributed by atoms with E-state index in [4.69, 9.17) is 4.74 Å². The molecule has 2 fully saturated rings. The maximum absolute atomic E-state index is 12.9. The summed E-state index contributed by atoms with van der Waals surface area (Å²) in [4.78, 5) is 2.47. The molecule has 0 bridgehead atoms. The molecular formula is C17H25FN2O3S. The van der Waals surface area contributed by atoms with Crippen LogP contribution >= 0.6 is 0 Å². The van der Waals surface area contributed by atoms with Crippen molar-refractivity contribution >= 4 is 10.0 Å². The second-order valence-electron chi connectivity index (χ2n) is 6.64. The second-order valence-corrected chi connectivity index (χ2v) is 8.35. The van der Waals surface area contributed by atoms with Gasteiger partial charge in [-0.3, -0.25) is 0 Å². The van der Waals surface area contributed by atoms with Crippen LogP contribution in [0.15, 0.2) is 29.2 Å². The number of rotatable bonds is 5. The number of sulfonamides is 1. The summed E-state index contributed by atoms with van der Waals surface area (Å²) in [6.07, 6.45) is 5.41. The Morgan fingerprint density at radius 1 is 1.12 bits per heavy atom. The highest BCUT2D eigenvalue weighted by Crippen LogP contribution is 2.18. The maximum Gasteiger partial charge on any atom is 0.240 e. The first-order valence-corrected chi connectivity index (χ1v) is 10.1. The summed E-state index contributed by atoms with van der Waals surface area (Å²) < 4.78 is 46.1. The predicted octanol–water partition coefficient (Wildman–Crippen LogP) is 2.14. The number of piperidine rings is 1. The minimum atomic E-state index is -3.58. The van der Waals surface area contributed by atoms with Crippen molar-refractivity contribution in [3.8, 4) is 0 Å². The number of nitrogens with zero attached hydrogens (tertiary/aromatic N) is 1. The Labute approximate surface area is 143 Å². The fourth-order valence-corrected chi connectivity index (χ4v) is 4.68. The van der Waals surface area contributed by atoms with Gasteiger partial charge in [-0.1, -0.05) is 0 Å². The number of nitrogens with one attached hydrogen (secondary N) is 1. The third-order valence-electron chi connectivity index (χ3n) is 4.77. The lowest BCUT2D eigenvalue weighted by Crippen LogP contribution is -2.47. The number of halogens is 1. The van der Waals surface area contributed by atoms with Crippen LogP contribution in [-0.4, -0.2) is 51.7 Å². The molecule has 1 aromatic rings. The van der Waals surface area contributed by atoms with Gasteiger partial charge < -0.3 is 9.64 Å². The van der Waals surface area contributed by atoms with Crippen LogP contribution in [0.3, 0.4) is 0 Å². The van der Waals surface area contributed by atoms with Crippen LogP contribution in [0.2, 0.25) is 0 Å². The van der Waals surface area contributed by atoms with Crippen molar-refractivity contribution < 1.29 is 17.5 Å². The first-order chi connectivity index (χ1) is 11.5. The van der Waals surface area contributed by atoms with Crippen molar-refractivity contribution in [2.24, 2.45) is 0 Å². The molecule has 0 saturated carbocycles. The lowest BCUT2D eigenvalue weighted by atomic mass is 10.0. The van der Waals surface area contributed by atoms with E-state index in [0.717, 1.165) is 51.9 Å². The summed E-state index contributed by atoms with van der Waals surface area (Å²) in [5, 5.41) is 0. The van der Waals surface area contributed by atoms with Gasteiger partial charge in [0, 0.05) is 19.2 Å². The molecule has 0 aromatic heterocycles. The zero-order valence-electron chi connectivity index (χ0n) is 13.8. The molecule has 134 valence electrons. The Hall–Kier alpha value is -1.02. The molecule has 1 N–H and O–H groups in total. The summed E-state index contributed by atoms with van der Waals surface area (Å²) in [5.74, 6) is -0.438. The normalized spacial score (nSPS) is 24.1. The molecule has 2 heterocycles. The van der Waals surface area contributed by atoms with E-state index in [1.807, 2.05) is 0 Å². The summed E-state index contributed by atoms with van der Waals surface area (Å²) in [7, 11) is -3.58. The van der Waals surface area contributed by atoms with Crippen molar-refractivity contribution in [1.29, 1.82) is 0 Å². The van der Waals surface area contributed by atoms with Crippen molar-refractivity contribution in [3.05, 3.63) is 30.1 Å². The van der Waals surface area contributed by atoms with Gasteiger partial charge in [0.15, 0.2) is 0 Å². The Bertz CT molecular complexity index is 622. The molecule has 7 heteroatoms. The molecule has 0 amide bonds. The first-order valence-electron chi connectivity index (χ1n) is 8.65. The number of hydrogen-bond acceptors (Lipinski definition) is 4. The Morgan fingerprint density at radius 2 is 1.83 bits per heavy atom. The highest BCUT2D eigenvalue weighted by atomic mass is 32.2. The minimum absolute atomic E-state index is 0.0661. The van der Waals surface area contributed by atoms with Crippen molar-refractivity contribution in [2.75, 3.05) is 26.2 Å². The van der Waals surface area contributed by atoms with Crippen LogP contribution in [0.25, 0.3) is 0 Å². The highest BCUT2D eigenvalue weighted by Gasteiger charge is 2.26. The van der Waals surface area contributed by atoms with Crippen LogP contribution in [0, 0.1) is 5.82 Å². The Morgan fingerprint density at radius 3 is 2.46 bits per heavy atom. The summed E-state index contributed by atoms with van der Waals surface area (Å²) >= 11 is 0. The Balaban J connectivity index is 1.48. The molecule has 0 unspecified atom stereocenters. The van der Waals surface area contributed by atoms with E-state index in [-0.39, 0.29) is 10.9 Å². The van der Waals surface area contributed by atoms with E-state index >= 15 is 0 Å². The van der Waals surface area contributed by atoms with Gasteiger partial charge in [0.2, 0.25) is 10.0 Å². The second kappa shape index (κ2) is 7.91. The molecule has 1 atom stereocenters. The van der Waals surface area contributed by atoms with Crippen molar-refractivity contribution in [3.63, 3.8) is 0 Å². The third kappa shape index (κ3) is 4.75. The van der Waals surface area contributed by atoms with Crippen LogP contribution in [0.1, 0.15) is 32.1 Å². The standard InChI is InChI=1S/C17H25FN2O3S/c18-14-4-6-17(7-5-14)24(21,22)19-15-8-10-20(11-9-15)13-16-3-1-2-12-23-16/h4-7,15-16,19H,1-3,8-13H2/t16-/m0/s1. The lowest BCUT2D eigenvalue weighted by Gasteiger charge is -2.35. The van der Waals surface area contributed by atoms with E-state index in [2.05, 4.69) is 9.62 Å². The van der Waals surface area contributed by atoms with E-state index < -0.39 is 15.8 Å². The minimum Gasteiger partial charge on any atom is -0.377 e. The summed E-state index contributed by atoms with van der Waals surface area (Å²) in [5.41, 5.74) is 0. The summed E-state index contributed by atoms with van der Waals surface area (Å²) in [6.45, 7) is 3.54. The molecule has 0 spiro atoms. The summed E-state index contributed by atoms with van der Waals surface area (Å²) in [6, 6.07) is 4.87. The monoisotopic (exact) mass is 356 g/mol. The topological polar surface area (TPSA) is 58.6 Å². The molecule has 0 radical (unpaired) electrons. The van der Waals surface area contributed by atoms with Crippen LogP contribution < -0.4 is 4.72 Å². The van der Waals surface area contributed by atoms with E-state index in [9.17, 15) is 12.8 Å². The fraction of sp³-hybridized carbons (Fsp3) is 0.647. The van der Waals surface area contributed by atoms with E-state index in [0.29, 0.717) is 6.10 Å². The van der Waals surface area contributed by atoms with Gasteiger partial charge in [0.05, 0.1) is 11.0 Å². The molecule has 2 aliphatic rings. The lowest BCUT2D eigenvalue weighted by molar-refractivity contribution is -0.00963. The molecular weight excluding hydrogens is 331 g/mol. The van der Waals surface area contributed by atoms with Crippen molar-refractivity contribution in [2.45, 2.75) is 49.1 Å². The predicted molar refractivity (Wildman–Crippen MR) is 89.8 cm³/mol. The highest BCUT2D eigenvalue weighted by molar-refractivity contribution is 7.89. The van der Waals surface area contributed by atoms with Gasteiger partial charge in [-0.05, 0) is 69.5 Å². The molecule has 2 aliphatic heterocycles. The van der Waals surface area contributed by atoms with Gasteiger partial charge in [0.25, 0.3) is 0 Å². The average Bonchev–Trinajstić information content (AvgIpc) is 2.58. The number of hydrogen-bond donors (Lipinski definition) is 1. The van der Waals surface area contributed by atoms with Crippen LogP contribution in [-0.2, 0) is 14.8 Å². The smallest absolute Gasteiger partial charge is 0.240 e. The molecule has 3 rings (SSSR count). The quantitative estimate of drug-likeness (QED) is 0.878. The number of benzene rings is 1. The Kier molecular flexibility index (Phi) is 5.86. The molecule has 2 saturated heterocycles. The molecule has 5 nitrogen and oxygen atoms in total. The largest absolute Gasteiger partial charge is 0.377 e. The zero-order chi connectivity index (χ0) is 17.0. The van der Waals surface area contributed by atoms with Gasteiger partial charge in [-0.2, -0.15) is 0 Å². The fourth-order valence-electron chi connectivity index (χ4n) is 3.37. The van der Waals surface area contributed by atoms with Crippen molar-refractivity contribution in [1.82, 2.24) is 9.62 Å². The van der Waals surface area contributed by atoms with E-state index in [1.165, 1.54) is 30.7 Å². The molecule has 1 aromatic carbocycles. The molecule has 24 heavy (non-hydrogen) atoms. The SMILES string of the molecule is O=S(=O)(NC1CCN(C[C@@H]2CCCCO2)CC1)c1ccc(F)cc1. The van der Waals surface area contributed by atoms with Gasteiger partial charge in [-0.15, -0.1) is 0 Å².